The number of rotatable bonds is 5. The lowest BCUT2D eigenvalue weighted by molar-refractivity contribution is 0.102. The van der Waals surface area contributed by atoms with Gasteiger partial charge >= 0.3 is 0 Å². The van der Waals surface area contributed by atoms with E-state index in [1.165, 1.54) is 0 Å². The molecule has 5 aromatic rings. The molecule has 0 bridgehead atoms. The quantitative estimate of drug-likeness (QED) is 0.371. The number of aromatic nitrogens is 1. The molecule has 0 fully saturated rings. The highest BCUT2D eigenvalue weighted by Gasteiger charge is 2.17. The van der Waals surface area contributed by atoms with Gasteiger partial charge in [-0.15, -0.1) is 11.3 Å². The molecule has 1 N–H and O–H groups in total. The van der Waals surface area contributed by atoms with Crippen LogP contribution in [0.1, 0.15) is 15.4 Å². The Labute approximate surface area is 177 Å². The lowest BCUT2D eigenvalue weighted by atomic mass is 10.0. The first-order valence-electron chi connectivity index (χ1n) is 9.63. The van der Waals surface area contributed by atoms with Crippen LogP contribution < -0.4 is 10.1 Å². The van der Waals surface area contributed by atoms with Crippen LogP contribution in [0.5, 0.6) is 5.75 Å². The van der Waals surface area contributed by atoms with E-state index in [0.717, 1.165) is 31.7 Å². The molecule has 4 aromatic carbocycles. The fourth-order valence-electron chi connectivity index (χ4n) is 3.41. The van der Waals surface area contributed by atoms with Crippen LogP contribution in [0.25, 0.3) is 21.0 Å². The number of carbonyl (C=O) groups is 1. The van der Waals surface area contributed by atoms with Crippen molar-refractivity contribution in [1.29, 1.82) is 0 Å². The van der Waals surface area contributed by atoms with Crippen molar-refractivity contribution in [3.63, 3.8) is 0 Å². The molecule has 5 heteroatoms. The van der Waals surface area contributed by atoms with Crippen molar-refractivity contribution < 1.29 is 9.53 Å². The minimum absolute atomic E-state index is 0.203. The molecule has 1 amide bonds. The van der Waals surface area contributed by atoms with Gasteiger partial charge < -0.3 is 10.1 Å². The van der Waals surface area contributed by atoms with Gasteiger partial charge in [0.05, 0.1) is 15.8 Å². The molecule has 0 saturated carbocycles. The van der Waals surface area contributed by atoms with Crippen molar-refractivity contribution in [3.05, 3.63) is 102 Å². The molecule has 5 rings (SSSR count). The molecule has 0 saturated heterocycles. The lowest BCUT2D eigenvalue weighted by Gasteiger charge is -2.14. The van der Waals surface area contributed by atoms with E-state index in [1.807, 2.05) is 91.0 Å². The van der Waals surface area contributed by atoms with E-state index in [4.69, 9.17) is 4.74 Å². The van der Waals surface area contributed by atoms with Gasteiger partial charge in [0.25, 0.3) is 5.91 Å². The topological polar surface area (TPSA) is 51.2 Å². The summed E-state index contributed by atoms with van der Waals surface area (Å²) >= 11 is 1.60. The number of para-hydroxylation sites is 2. The number of hydrogen-bond donors (Lipinski definition) is 1. The molecule has 30 heavy (non-hydrogen) atoms. The Morgan fingerprint density at radius 1 is 0.867 bits per heavy atom. The third-order valence-corrected chi connectivity index (χ3v) is 5.84. The van der Waals surface area contributed by atoms with Crippen LogP contribution in [0, 0.1) is 0 Å². The highest BCUT2D eigenvalue weighted by atomic mass is 32.1. The Bertz CT molecular complexity index is 1310. The first-order valence-corrected chi connectivity index (χ1v) is 10.4. The van der Waals surface area contributed by atoms with Crippen molar-refractivity contribution in [1.82, 2.24) is 4.98 Å². The van der Waals surface area contributed by atoms with Gasteiger partial charge in [0, 0.05) is 11.1 Å². The van der Waals surface area contributed by atoms with Crippen LogP contribution in [-0.4, -0.2) is 10.9 Å². The fourth-order valence-corrected chi connectivity index (χ4v) is 4.29. The first kappa shape index (κ1) is 18.3. The molecule has 0 spiro atoms. The largest absolute Gasteiger partial charge is 0.485 e. The van der Waals surface area contributed by atoms with E-state index in [1.54, 1.807) is 11.3 Å². The average Bonchev–Trinajstić information content (AvgIpc) is 3.21. The lowest BCUT2D eigenvalue weighted by Crippen LogP contribution is -2.14. The molecule has 0 aliphatic rings. The van der Waals surface area contributed by atoms with Crippen LogP contribution in [0.15, 0.2) is 91.0 Å². The number of anilines is 1. The maximum atomic E-state index is 13.0. The summed E-state index contributed by atoms with van der Waals surface area (Å²) in [7, 11) is 0. The molecule has 0 aliphatic carbocycles. The zero-order valence-electron chi connectivity index (χ0n) is 16.0. The number of nitrogens with one attached hydrogen (secondary N) is 1. The highest BCUT2D eigenvalue weighted by molar-refractivity contribution is 7.18. The minimum Gasteiger partial charge on any atom is -0.485 e. The van der Waals surface area contributed by atoms with Crippen molar-refractivity contribution in [3.8, 4) is 5.75 Å². The number of amides is 1. The van der Waals surface area contributed by atoms with E-state index in [-0.39, 0.29) is 5.91 Å². The summed E-state index contributed by atoms with van der Waals surface area (Å²) in [6.07, 6.45) is 0. The monoisotopic (exact) mass is 410 g/mol. The van der Waals surface area contributed by atoms with Gasteiger partial charge in [-0.25, -0.2) is 4.98 Å². The SMILES string of the molecule is O=C(Nc1ccccc1)c1ccc2ccccc2c1OCc1nc2ccccc2s1. The summed E-state index contributed by atoms with van der Waals surface area (Å²) in [5, 5.41) is 5.75. The molecule has 0 unspecified atom stereocenters. The highest BCUT2D eigenvalue weighted by Crippen LogP contribution is 2.32. The maximum Gasteiger partial charge on any atom is 0.259 e. The van der Waals surface area contributed by atoms with Crippen LogP contribution in [0.4, 0.5) is 5.69 Å². The summed E-state index contributed by atoms with van der Waals surface area (Å²) in [6, 6.07) is 29.1. The number of thiazole rings is 1. The molecule has 146 valence electrons. The number of fused-ring (bicyclic) bond motifs is 2. The summed E-state index contributed by atoms with van der Waals surface area (Å²) in [5.41, 5.74) is 2.20. The smallest absolute Gasteiger partial charge is 0.259 e. The van der Waals surface area contributed by atoms with Gasteiger partial charge in [0.2, 0.25) is 0 Å². The molecule has 4 nitrogen and oxygen atoms in total. The van der Waals surface area contributed by atoms with Crippen molar-refractivity contribution >= 4 is 43.9 Å². The molecule has 0 aliphatic heterocycles. The Kier molecular flexibility index (Phi) is 4.87. The molecular formula is C25H18N2O2S. The summed E-state index contributed by atoms with van der Waals surface area (Å²) in [5.74, 6) is 0.368. The number of ether oxygens (including phenoxy) is 1. The van der Waals surface area contributed by atoms with Crippen molar-refractivity contribution in [2.45, 2.75) is 6.61 Å². The second-order valence-corrected chi connectivity index (χ2v) is 7.96. The Hall–Kier alpha value is -3.70. The zero-order valence-corrected chi connectivity index (χ0v) is 16.9. The fraction of sp³-hybridized carbons (Fsp3) is 0.0400. The first-order chi connectivity index (χ1) is 14.8. The third-order valence-electron chi connectivity index (χ3n) is 4.83. The normalized spacial score (nSPS) is 10.9. The van der Waals surface area contributed by atoms with Crippen LogP contribution in [0.3, 0.4) is 0 Å². The van der Waals surface area contributed by atoms with Gasteiger partial charge in [-0.2, -0.15) is 0 Å². The number of benzene rings is 4. The standard InChI is InChI=1S/C25H18N2O2S/c28-25(26-18-9-2-1-3-10-18)20-15-14-17-8-4-5-11-19(17)24(20)29-16-23-27-21-12-6-7-13-22(21)30-23/h1-15H,16H2,(H,26,28). The van der Waals surface area contributed by atoms with Gasteiger partial charge in [0.1, 0.15) is 17.4 Å². The number of carbonyl (C=O) groups excluding carboxylic acids is 1. The number of hydrogen-bond acceptors (Lipinski definition) is 4. The predicted octanol–water partition coefficient (Wildman–Crippen LogP) is 6.28. The minimum atomic E-state index is -0.203. The van der Waals surface area contributed by atoms with Crippen LogP contribution in [-0.2, 0) is 6.61 Å². The van der Waals surface area contributed by atoms with Crippen molar-refractivity contribution in [2.24, 2.45) is 0 Å². The van der Waals surface area contributed by atoms with Gasteiger partial charge in [-0.05, 0) is 35.7 Å². The summed E-state index contributed by atoms with van der Waals surface area (Å²) < 4.78 is 7.33. The molecule has 1 aromatic heterocycles. The molecule has 1 heterocycles. The second kappa shape index (κ2) is 7.97. The maximum absolute atomic E-state index is 13.0. The van der Waals surface area contributed by atoms with E-state index in [2.05, 4.69) is 10.3 Å². The Morgan fingerprint density at radius 2 is 1.63 bits per heavy atom. The van der Waals surface area contributed by atoms with E-state index < -0.39 is 0 Å². The number of nitrogens with zero attached hydrogens (tertiary/aromatic N) is 1. The average molecular weight is 410 g/mol. The predicted molar refractivity (Wildman–Crippen MR) is 122 cm³/mol. The van der Waals surface area contributed by atoms with Gasteiger partial charge in [-0.3, -0.25) is 4.79 Å². The summed E-state index contributed by atoms with van der Waals surface area (Å²) in [6.45, 7) is 0.305. The van der Waals surface area contributed by atoms with Gasteiger partial charge in [0.15, 0.2) is 0 Å². The van der Waals surface area contributed by atoms with Crippen LogP contribution in [0.2, 0.25) is 0 Å². The second-order valence-electron chi connectivity index (χ2n) is 6.85. The third kappa shape index (κ3) is 3.63. The van der Waals surface area contributed by atoms with Gasteiger partial charge in [-0.1, -0.05) is 60.7 Å². The Morgan fingerprint density at radius 3 is 2.50 bits per heavy atom. The zero-order chi connectivity index (χ0) is 20.3. The molecular weight excluding hydrogens is 392 g/mol. The van der Waals surface area contributed by atoms with E-state index in [0.29, 0.717) is 17.9 Å². The van der Waals surface area contributed by atoms with E-state index in [9.17, 15) is 4.79 Å². The van der Waals surface area contributed by atoms with E-state index >= 15 is 0 Å². The van der Waals surface area contributed by atoms with Crippen molar-refractivity contribution in [2.75, 3.05) is 5.32 Å². The molecule has 0 radical (unpaired) electrons. The summed E-state index contributed by atoms with van der Waals surface area (Å²) in [4.78, 5) is 17.7. The molecule has 0 atom stereocenters. The Balaban J connectivity index is 1.49. The van der Waals surface area contributed by atoms with Crippen LogP contribution >= 0.6 is 11.3 Å².